The van der Waals surface area contributed by atoms with Crippen molar-refractivity contribution >= 4 is 5.91 Å². The molecule has 1 aliphatic heterocycles. The van der Waals surface area contributed by atoms with Gasteiger partial charge in [0.25, 0.3) is 5.91 Å². The number of halogens is 1. The summed E-state index contributed by atoms with van der Waals surface area (Å²) in [6.45, 7) is 1.65. The van der Waals surface area contributed by atoms with E-state index in [1.165, 1.54) is 12.1 Å². The number of nitrogens with one attached hydrogen (secondary N) is 1. The van der Waals surface area contributed by atoms with Crippen LogP contribution in [0.3, 0.4) is 0 Å². The van der Waals surface area contributed by atoms with Crippen LogP contribution < -0.4 is 5.32 Å². The average Bonchev–Trinajstić information content (AvgIpc) is 2.52. The van der Waals surface area contributed by atoms with Gasteiger partial charge in [0.05, 0.1) is 12.2 Å². The number of carbonyl (C=O) groups is 1. The van der Waals surface area contributed by atoms with Crippen molar-refractivity contribution in [3.05, 3.63) is 35.1 Å². The van der Waals surface area contributed by atoms with Gasteiger partial charge in [-0.25, -0.2) is 4.39 Å². The molecule has 1 aromatic carbocycles. The van der Waals surface area contributed by atoms with Crippen molar-refractivity contribution in [2.45, 2.75) is 12.8 Å². The smallest absolute Gasteiger partial charge is 0.251 e. The Morgan fingerprint density at radius 1 is 1.52 bits per heavy atom. The predicted octanol–water partition coefficient (Wildman–Crippen LogP) is 1.33. The second-order valence-electron chi connectivity index (χ2n) is 4.95. The summed E-state index contributed by atoms with van der Waals surface area (Å²) in [4.78, 5) is 12.0. The summed E-state index contributed by atoms with van der Waals surface area (Å²) in [6.07, 6.45) is 2.04. The van der Waals surface area contributed by atoms with Gasteiger partial charge in [0.2, 0.25) is 0 Å². The molecule has 112 valence electrons. The van der Waals surface area contributed by atoms with E-state index in [-0.39, 0.29) is 23.6 Å². The molecule has 21 heavy (non-hydrogen) atoms. The molecule has 1 atom stereocenters. The van der Waals surface area contributed by atoms with E-state index in [0.29, 0.717) is 19.1 Å². The highest BCUT2D eigenvalue weighted by Gasteiger charge is 2.15. The summed E-state index contributed by atoms with van der Waals surface area (Å²) < 4.78 is 19.1. The zero-order valence-corrected chi connectivity index (χ0v) is 11.7. The number of amides is 1. The molecule has 1 unspecified atom stereocenters. The lowest BCUT2D eigenvalue weighted by Crippen LogP contribution is -2.33. The van der Waals surface area contributed by atoms with Gasteiger partial charge in [-0.05, 0) is 37.0 Å². The van der Waals surface area contributed by atoms with Crippen LogP contribution in [0.2, 0.25) is 0 Å². The van der Waals surface area contributed by atoms with Crippen molar-refractivity contribution in [2.75, 3.05) is 26.4 Å². The van der Waals surface area contributed by atoms with Crippen molar-refractivity contribution in [1.29, 1.82) is 0 Å². The number of aliphatic hydroxyl groups is 1. The normalized spacial score (nSPS) is 17.7. The van der Waals surface area contributed by atoms with E-state index in [1.54, 1.807) is 0 Å². The third kappa shape index (κ3) is 4.55. The molecule has 1 aromatic rings. The molecule has 1 saturated heterocycles. The molecule has 4 nitrogen and oxygen atoms in total. The number of carbonyl (C=O) groups excluding carboxylic acids is 1. The minimum atomic E-state index is -0.565. The SMILES string of the molecule is O=C(NCC1CCCOC1)c1ccc(C#CCO)c(F)c1. The van der Waals surface area contributed by atoms with E-state index in [4.69, 9.17) is 9.84 Å². The number of benzene rings is 1. The summed E-state index contributed by atoms with van der Waals surface area (Å²) in [5.41, 5.74) is 0.431. The zero-order chi connectivity index (χ0) is 15.1. The number of rotatable bonds is 3. The van der Waals surface area contributed by atoms with Crippen LogP contribution in [0.1, 0.15) is 28.8 Å². The van der Waals surface area contributed by atoms with E-state index >= 15 is 0 Å². The third-order valence-electron chi connectivity index (χ3n) is 3.34. The minimum Gasteiger partial charge on any atom is -0.384 e. The molecule has 0 aromatic heterocycles. The Kier molecular flexibility index (Phi) is 5.73. The Balaban J connectivity index is 1.94. The van der Waals surface area contributed by atoms with Gasteiger partial charge in [0, 0.05) is 18.7 Å². The second-order valence-corrected chi connectivity index (χ2v) is 4.95. The summed E-state index contributed by atoms with van der Waals surface area (Å²) in [5.74, 6) is 4.31. The molecule has 1 heterocycles. The first-order valence-corrected chi connectivity index (χ1v) is 6.96. The van der Waals surface area contributed by atoms with Crippen molar-refractivity contribution in [3.63, 3.8) is 0 Å². The average molecular weight is 291 g/mol. The number of ether oxygens (including phenoxy) is 1. The highest BCUT2D eigenvalue weighted by atomic mass is 19.1. The molecule has 0 spiro atoms. The Morgan fingerprint density at radius 2 is 2.38 bits per heavy atom. The van der Waals surface area contributed by atoms with Gasteiger partial charge in [-0.1, -0.05) is 11.8 Å². The maximum Gasteiger partial charge on any atom is 0.251 e. The fraction of sp³-hybridized carbons (Fsp3) is 0.438. The first-order chi connectivity index (χ1) is 10.2. The molecule has 5 heteroatoms. The molecular formula is C16H18FNO3. The largest absolute Gasteiger partial charge is 0.384 e. The topological polar surface area (TPSA) is 58.6 Å². The zero-order valence-electron chi connectivity index (χ0n) is 11.7. The van der Waals surface area contributed by atoms with E-state index in [2.05, 4.69) is 17.2 Å². The van der Waals surface area contributed by atoms with Crippen LogP contribution >= 0.6 is 0 Å². The molecule has 1 fully saturated rings. The lowest BCUT2D eigenvalue weighted by atomic mass is 10.0. The summed E-state index contributed by atoms with van der Waals surface area (Å²) >= 11 is 0. The number of aliphatic hydroxyl groups excluding tert-OH is 1. The van der Waals surface area contributed by atoms with E-state index in [1.807, 2.05) is 0 Å². The van der Waals surface area contributed by atoms with Gasteiger partial charge < -0.3 is 15.2 Å². The molecule has 1 amide bonds. The first-order valence-electron chi connectivity index (χ1n) is 6.96. The van der Waals surface area contributed by atoms with Crippen molar-refractivity contribution in [3.8, 4) is 11.8 Å². The van der Waals surface area contributed by atoms with E-state index in [9.17, 15) is 9.18 Å². The van der Waals surface area contributed by atoms with Gasteiger partial charge in [0.15, 0.2) is 0 Å². The van der Waals surface area contributed by atoms with Crippen LogP contribution in [0.5, 0.6) is 0 Å². The highest BCUT2D eigenvalue weighted by Crippen LogP contribution is 2.13. The summed E-state index contributed by atoms with van der Waals surface area (Å²) in [6, 6.07) is 4.13. The molecule has 0 radical (unpaired) electrons. The van der Waals surface area contributed by atoms with Crippen LogP contribution in [0.4, 0.5) is 4.39 Å². The number of hydrogen-bond donors (Lipinski definition) is 2. The molecule has 0 saturated carbocycles. The standard InChI is InChI=1S/C16H18FNO3/c17-15-9-14(6-5-13(15)4-1-7-19)16(20)18-10-12-3-2-8-21-11-12/h5-6,9,12,19H,2-3,7-8,10-11H2,(H,18,20). The summed E-state index contributed by atoms with van der Waals surface area (Å²) in [7, 11) is 0. The van der Waals surface area contributed by atoms with Crippen molar-refractivity contribution in [1.82, 2.24) is 5.32 Å². The van der Waals surface area contributed by atoms with Gasteiger partial charge >= 0.3 is 0 Å². The fourth-order valence-corrected chi connectivity index (χ4v) is 2.20. The van der Waals surface area contributed by atoms with Crippen molar-refractivity contribution in [2.24, 2.45) is 5.92 Å². The molecular weight excluding hydrogens is 273 g/mol. The van der Waals surface area contributed by atoms with Crippen LogP contribution in [0, 0.1) is 23.6 Å². The maximum absolute atomic E-state index is 13.7. The highest BCUT2D eigenvalue weighted by molar-refractivity contribution is 5.94. The molecule has 2 N–H and O–H groups in total. The van der Waals surface area contributed by atoms with Crippen molar-refractivity contribution < 1.29 is 19.0 Å². The van der Waals surface area contributed by atoms with E-state index in [0.717, 1.165) is 25.5 Å². The van der Waals surface area contributed by atoms with Crippen LogP contribution in [-0.4, -0.2) is 37.4 Å². The van der Waals surface area contributed by atoms with Crippen LogP contribution in [0.25, 0.3) is 0 Å². The molecule has 0 bridgehead atoms. The predicted molar refractivity (Wildman–Crippen MR) is 76.2 cm³/mol. The van der Waals surface area contributed by atoms with Gasteiger partial charge in [0.1, 0.15) is 12.4 Å². The van der Waals surface area contributed by atoms with Crippen LogP contribution in [0.15, 0.2) is 18.2 Å². The first kappa shape index (κ1) is 15.5. The van der Waals surface area contributed by atoms with Crippen LogP contribution in [-0.2, 0) is 4.74 Å². The van der Waals surface area contributed by atoms with E-state index < -0.39 is 5.82 Å². The lowest BCUT2D eigenvalue weighted by molar-refractivity contribution is 0.0536. The number of hydrogen-bond acceptors (Lipinski definition) is 3. The monoisotopic (exact) mass is 291 g/mol. The Labute approximate surface area is 123 Å². The second kappa shape index (κ2) is 7.77. The quantitative estimate of drug-likeness (QED) is 0.826. The fourth-order valence-electron chi connectivity index (χ4n) is 2.20. The van der Waals surface area contributed by atoms with Gasteiger partial charge in [-0.15, -0.1) is 0 Å². The Morgan fingerprint density at radius 3 is 3.05 bits per heavy atom. The molecule has 1 aliphatic rings. The minimum absolute atomic E-state index is 0.168. The lowest BCUT2D eigenvalue weighted by Gasteiger charge is -2.22. The van der Waals surface area contributed by atoms with Gasteiger partial charge in [-0.2, -0.15) is 0 Å². The van der Waals surface area contributed by atoms with Gasteiger partial charge in [-0.3, -0.25) is 4.79 Å². The molecule has 2 rings (SSSR count). The Bertz CT molecular complexity index is 556. The third-order valence-corrected chi connectivity index (χ3v) is 3.34. The summed E-state index contributed by atoms with van der Waals surface area (Å²) in [5, 5.41) is 11.4. The Hall–Kier alpha value is -1.90. The molecule has 0 aliphatic carbocycles. The maximum atomic E-state index is 13.7.